The maximum absolute atomic E-state index is 10.4. The van der Waals surface area contributed by atoms with Crippen molar-refractivity contribution in [2.24, 2.45) is 5.92 Å². The molecule has 0 saturated heterocycles. The van der Waals surface area contributed by atoms with Crippen LogP contribution in [0.25, 0.3) is 0 Å². The lowest BCUT2D eigenvalue weighted by Gasteiger charge is -2.00. The maximum atomic E-state index is 10.4. The summed E-state index contributed by atoms with van der Waals surface area (Å²) in [6.45, 7) is 0.365. The number of nitrogens with zero attached hydrogens (tertiary/aromatic N) is 4. The van der Waals surface area contributed by atoms with Crippen LogP contribution >= 0.6 is 0 Å². The van der Waals surface area contributed by atoms with Gasteiger partial charge in [0.05, 0.1) is 13.0 Å². The molecule has 1 aromatic rings. The Hall–Kier alpha value is -1.46. The lowest BCUT2D eigenvalue weighted by Crippen LogP contribution is -2.10. The van der Waals surface area contributed by atoms with E-state index in [9.17, 15) is 4.79 Å². The third-order valence-electron chi connectivity index (χ3n) is 2.31. The first-order valence-electron chi connectivity index (χ1n) is 4.72. The van der Waals surface area contributed by atoms with E-state index in [1.807, 2.05) is 0 Å². The molecule has 0 amide bonds. The van der Waals surface area contributed by atoms with E-state index < -0.39 is 5.97 Å². The molecule has 0 aromatic carbocycles. The monoisotopic (exact) mass is 196 g/mol. The molecule has 0 bridgehead atoms. The van der Waals surface area contributed by atoms with Crippen LogP contribution in [-0.2, 0) is 17.8 Å². The molecular formula is C8H12N4O2. The van der Waals surface area contributed by atoms with Gasteiger partial charge in [-0.15, -0.1) is 5.10 Å². The molecule has 1 saturated carbocycles. The van der Waals surface area contributed by atoms with Gasteiger partial charge in [0.1, 0.15) is 0 Å². The zero-order valence-electron chi connectivity index (χ0n) is 7.76. The van der Waals surface area contributed by atoms with Crippen molar-refractivity contribution in [3.63, 3.8) is 0 Å². The molecule has 0 atom stereocenters. The Labute approximate surface area is 80.9 Å². The molecule has 14 heavy (non-hydrogen) atoms. The minimum absolute atomic E-state index is 0.0721. The molecule has 6 nitrogen and oxygen atoms in total. The summed E-state index contributed by atoms with van der Waals surface area (Å²) in [6, 6.07) is 0. The summed E-state index contributed by atoms with van der Waals surface area (Å²) in [5, 5.41) is 19.7. The number of tetrazole rings is 1. The molecule has 1 heterocycles. The van der Waals surface area contributed by atoms with Gasteiger partial charge in [-0.05, 0) is 29.2 Å². The van der Waals surface area contributed by atoms with Crippen LogP contribution in [-0.4, -0.2) is 31.3 Å². The van der Waals surface area contributed by atoms with E-state index in [1.165, 1.54) is 12.8 Å². The van der Waals surface area contributed by atoms with Crippen LogP contribution in [0.15, 0.2) is 0 Å². The fourth-order valence-electron chi connectivity index (χ4n) is 1.32. The predicted molar refractivity (Wildman–Crippen MR) is 46.5 cm³/mol. The first kappa shape index (κ1) is 9.11. The van der Waals surface area contributed by atoms with Gasteiger partial charge in [-0.1, -0.05) is 0 Å². The van der Waals surface area contributed by atoms with Crippen LogP contribution in [0, 0.1) is 5.92 Å². The highest BCUT2D eigenvalue weighted by molar-refractivity contribution is 5.66. The predicted octanol–water partition coefficient (Wildman–Crippen LogP) is 0.100. The van der Waals surface area contributed by atoms with Crippen molar-refractivity contribution in [3.8, 4) is 0 Å². The van der Waals surface area contributed by atoms with Crippen molar-refractivity contribution in [2.75, 3.05) is 0 Å². The van der Waals surface area contributed by atoms with Gasteiger partial charge in [0.15, 0.2) is 5.82 Å². The van der Waals surface area contributed by atoms with Crippen LogP contribution in [0.2, 0.25) is 0 Å². The van der Waals surface area contributed by atoms with E-state index in [1.54, 1.807) is 4.68 Å². The van der Waals surface area contributed by atoms with Gasteiger partial charge >= 0.3 is 5.97 Å². The number of aromatic nitrogens is 4. The van der Waals surface area contributed by atoms with Crippen LogP contribution in [0.5, 0.6) is 0 Å². The van der Waals surface area contributed by atoms with Crippen molar-refractivity contribution >= 4 is 5.97 Å². The van der Waals surface area contributed by atoms with E-state index in [-0.39, 0.29) is 6.42 Å². The molecule has 6 heteroatoms. The molecule has 0 aliphatic heterocycles. The normalized spacial score (nSPS) is 15.7. The van der Waals surface area contributed by atoms with Gasteiger partial charge in [-0.3, -0.25) is 4.79 Å². The highest BCUT2D eigenvalue weighted by Crippen LogP contribution is 2.31. The SMILES string of the molecule is O=C(O)CCn1nnnc1CC1CC1. The zero-order valence-corrected chi connectivity index (χ0v) is 7.76. The number of aryl methyl sites for hydroxylation is 1. The number of carboxylic acids is 1. The Balaban J connectivity index is 1.93. The summed E-state index contributed by atoms with van der Waals surface area (Å²) in [6.07, 6.45) is 3.44. The molecule has 76 valence electrons. The van der Waals surface area contributed by atoms with Crippen molar-refractivity contribution in [3.05, 3.63) is 5.82 Å². The summed E-state index contributed by atoms with van der Waals surface area (Å²) in [7, 11) is 0. The summed E-state index contributed by atoms with van der Waals surface area (Å²) in [5.74, 6) is 0.705. The van der Waals surface area contributed by atoms with E-state index in [0.29, 0.717) is 12.5 Å². The molecule has 0 spiro atoms. The number of carbonyl (C=O) groups is 1. The number of hydrogen-bond donors (Lipinski definition) is 1. The van der Waals surface area contributed by atoms with E-state index in [2.05, 4.69) is 15.5 Å². The van der Waals surface area contributed by atoms with Gasteiger partial charge in [-0.2, -0.15) is 0 Å². The summed E-state index contributed by atoms with van der Waals surface area (Å²) < 4.78 is 1.59. The summed E-state index contributed by atoms with van der Waals surface area (Å²) in [5.41, 5.74) is 0. The zero-order chi connectivity index (χ0) is 9.97. The lowest BCUT2D eigenvalue weighted by atomic mass is 10.3. The highest BCUT2D eigenvalue weighted by Gasteiger charge is 2.24. The van der Waals surface area contributed by atoms with E-state index in [4.69, 9.17) is 5.11 Å². The smallest absolute Gasteiger partial charge is 0.305 e. The van der Waals surface area contributed by atoms with E-state index >= 15 is 0 Å². The summed E-state index contributed by atoms with van der Waals surface area (Å²) >= 11 is 0. The molecule has 0 unspecified atom stereocenters. The third-order valence-corrected chi connectivity index (χ3v) is 2.31. The molecular weight excluding hydrogens is 184 g/mol. The molecule has 0 radical (unpaired) electrons. The van der Waals surface area contributed by atoms with Gasteiger partial charge < -0.3 is 5.11 Å². The fraction of sp³-hybridized carbons (Fsp3) is 0.750. The Kier molecular flexibility index (Phi) is 2.43. The number of hydrogen-bond acceptors (Lipinski definition) is 4. The van der Waals surface area contributed by atoms with Crippen molar-refractivity contribution in [1.82, 2.24) is 20.2 Å². The average molecular weight is 196 g/mol. The molecule has 1 aromatic heterocycles. The van der Waals surface area contributed by atoms with Crippen LogP contribution in [0.3, 0.4) is 0 Å². The second-order valence-electron chi connectivity index (χ2n) is 3.61. The first-order valence-corrected chi connectivity index (χ1v) is 4.72. The molecule has 1 aliphatic carbocycles. The van der Waals surface area contributed by atoms with Crippen LogP contribution in [0.1, 0.15) is 25.1 Å². The van der Waals surface area contributed by atoms with Crippen molar-refractivity contribution in [1.29, 1.82) is 0 Å². The molecule has 2 rings (SSSR count). The number of aliphatic carboxylic acids is 1. The largest absolute Gasteiger partial charge is 0.481 e. The second-order valence-corrected chi connectivity index (χ2v) is 3.61. The third kappa shape index (κ3) is 2.27. The van der Waals surface area contributed by atoms with Gasteiger partial charge in [0, 0.05) is 6.42 Å². The molecule has 1 N–H and O–H groups in total. The minimum atomic E-state index is -0.821. The Bertz CT molecular complexity index is 332. The van der Waals surface area contributed by atoms with Crippen LogP contribution < -0.4 is 0 Å². The van der Waals surface area contributed by atoms with Gasteiger partial charge in [0.2, 0.25) is 0 Å². The fourth-order valence-corrected chi connectivity index (χ4v) is 1.32. The Morgan fingerprint density at radius 1 is 1.57 bits per heavy atom. The molecule has 1 fully saturated rings. The maximum Gasteiger partial charge on any atom is 0.305 e. The number of rotatable bonds is 5. The summed E-state index contributed by atoms with van der Waals surface area (Å²) in [4.78, 5) is 10.4. The highest BCUT2D eigenvalue weighted by atomic mass is 16.4. The lowest BCUT2D eigenvalue weighted by molar-refractivity contribution is -0.137. The first-order chi connectivity index (χ1) is 6.75. The van der Waals surface area contributed by atoms with Crippen LogP contribution in [0.4, 0.5) is 0 Å². The Morgan fingerprint density at radius 2 is 2.36 bits per heavy atom. The number of carboxylic acid groups (broad SMARTS) is 1. The Morgan fingerprint density at radius 3 is 3.00 bits per heavy atom. The topological polar surface area (TPSA) is 80.9 Å². The van der Waals surface area contributed by atoms with Crippen molar-refractivity contribution < 1.29 is 9.90 Å². The molecule has 1 aliphatic rings. The van der Waals surface area contributed by atoms with Gasteiger partial charge in [-0.25, -0.2) is 4.68 Å². The second kappa shape index (κ2) is 3.73. The van der Waals surface area contributed by atoms with Crippen molar-refractivity contribution in [2.45, 2.75) is 32.2 Å². The minimum Gasteiger partial charge on any atom is -0.481 e. The van der Waals surface area contributed by atoms with Gasteiger partial charge in [0.25, 0.3) is 0 Å². The standard InChI is InChI=1S/C8H12N4O2/c13-8(14)3-4-12-7(9-10-11-12)5-6-1-2-6/h6H,1-5H2,(H,13,14). The average Bonchev–Trinajstić information content (AvgIpc) is 2.81. The van der Waals surface area contributed by atoms with E-state index in [0.717, 1.165) is 12.2 Å². The quantitative estimate of drug-likeness (QED) is 0.722.